The lowest BCUT2D eigenvalue weighted by molar-refractivity contribution is 0.367. The first-order valence-corrected chi connectivity index (χ1v) is 8.69. The van der Waals surface area contributed by atoms with E-state index >= 15 is 0 Å². The molecule has 25 heavy (non-hydrogen) atoms. The number of hydrogen-bond donors (Lipinski definition) is 2. The first kappa shape index (κ1) is 17.1. The van der Waals surface area contributed by atoms with Gasteiger partial charge in [-0.3, -0.25) is 0 Å². The van der Waals surface area contributed by atoms with E-state index in [4.69, 9.17) is 0 Å². The maximum Gasteiger partial charge on any atom is 0.235 e. The molecule has 0 amide bonds. The highest BCUT2D eigenvalue weighted by molar-refractivity contribution is 5.71. The van der Waals surface area contributed by atoms with Crippen molar-refractivity contribution in [2.75, 3.05) is 0 Å². The van der Waals surface area contributed by atoms with E-state index in [1.54, 1.807) is 12.5 Å². The van der Waals surface area contributed by atoms with Gasteiger partial charge in [-0.2, -0.15) is 0 Å². The van der Waals surface area contributed by atoms with Gasteiger partial charge < -0.3 is 19.3 Å². The zero-order chi connectivity index (χ0) is 18.0. The Balaban J connectivity index is 1.97. The number of aromatic hydroxyl groups is 2. The summed E-state index contributed by atoms with van der Waals surface area (Å²) in [4.78, 5) is 4.05. The van der Waals surface area contributed by atoms with Crippen LogP contribution in [-0.2, 0) is 19.5 Å². The van der Waals surface area contributed by atoms with Crippen LogP contribution in [0, 0.1) is 13.8 Å². The van der Waals surface area contributed by atoms with Crippen LogP contribution in [0.2, 0.25) is 0 Å². The minimum Gasteiger partial charge on any atom is -0.503 e. The van der Waals surface area contributed by atoms with E-state index in [1.165, 1.54) is 11.1 Å². The van der Waals surface area contributed by atoms with Crippen LogP contribution < -0.4 is 0 Å². The molecule has 5 nitrogen and oxygen atoms in total. The molecule has 3 rings (SSSR count). The van der Waals surface area contributed by atoms with Gasteiger partial charge in [0.25, 0.3) is 0 Å². The molecule has 0 spiro atoms. The summed E-state index contributed by atoms with van der Waals surface area (Å²) in [5, 5.41) is 20.8. The van der Waals surface area contributed by atoms with Gasteiger partial charge in [0.15, 0.2) is 5.75 Å². The molecule has 0 unspecified atom stereocenters. The van der Waals surface area contributed by atoms with Gasteiger partial charge in [-0.15, -0.1) is 0 Å². The van der Waals surface area contributed by atoms with Crippen molar-refractivity contribution in [1.29, 1.82) is 0 Å². The van der Waals surface area contributed by atoms with Crippen molar-refractivity contribution in [1.82, 2.24) is 14.1 Å². The van der Waals surface area contributed by atoms with Gasteiger partial charge in [-0.1, -0.05) is 19.1 Å². The zero-order valence-corrected chi connectivity index (χ0v) is 15.0. The molecule has 0 saturated heterocycles. The number of rotatable bonds is 6. The molecule has 0 fully saturated rings. The molecule has 0 saturated carbocycles. The van der Waals surface area contributed by atoms with Crippen molar-refractivity contribution in [2.45, 2.75) is 46.7 Å². The fourth-order valence-corrected chi connectivity index (χ4v) is 3.25. The average molecular weight is 339 g/mol. The molecular weight excluding hydrogens is 314 g/mol. The van der Waals surface area contributed by atoms with Crippen LogP contribution in [-0.4, -0.2) is 24.3 Å². The second-order valence-electron chi connectivity index (χ2n) is 6.46. The van der Waals surface area contributed by atoms with Crippen molar-refractivity contribution in [2.24, 2.45) is 0 Å². The van der Waals surface area contributed by atoms with E-state index in [0.29, 0.717) is 13.0 Å². The molecule has 3 aromatic rings. The fourth-order valence-electron chi connectivity index (χ4n) is 3.25. The number of benzene rings is 1. The summed E-state index contributed by atoms with van der Waals surface area (Å²) in [5.74, 6) is -0.0472. The van der Waals surface area contributed by atoms with Gasteiger partial charge in [0.2, 0.25) is 5.88 Å². The number of aryl methyl sites for hydroxylation is 3. The molecule has 0 aliphatic heterocycles. The number of aromatic nitrogens is 3. The van der Waals surface area contributed by atoms with Crippen molar-refractivity contribution in [3.8, 4) is 22.9 Å². The number of imidazole rings is 1. The highest BCUT2D eigenvalue weighted by Gasteiger charge is 2.22. The molecule has 132 valence electrons. The van der Waals surface area contributed by atoms with Gasteiger partial charge in [0, 0.05) is 31.0 Å². The van der Waals surface area contributed by atoms with Crippen molar-refractivity contribution in [3.63, 3.8) is 0 Å². The highest BCUT2D eigenvalue weighted by Crippen LogP contribution is 2.41. The van der Waals surface area contributed by atoms with E-state index in [2.05, 4.69) is 37.0 Å². The molecule has 0 bridgehead atoms. The number of hydrogen-bond acceptors (Lipinski definition) is 3. The van der Waals surface area contributed by atoms with Crippen molar-refractivity contribution in [3.05, 3.63) is 53.6 Å². The Morgan fingerprint density at radius 1 is 1.08 bits per heavy atom. The molecule has 0 aliphatic carbocycles. The average Bonchev–Trinajstić information content (AvgIpc) is 3.19. The molecule has 2 aromatic heterocycles. The minimum absolute atomic E-state index is 0.00152. The summed E-state index contributed by atoms with van der Waals surface area (Å²) in [6.45, 7) is 7.59. The third kappa shape index (κ3) is 3.27. The lowest BCUT2D eigenvalue weighted by Crippen LogP contribution is -2.05. The first-order valence-electron chi connectivity index (χ1n) is 8.69. The van der Waals surface area contributed by atoms with Crippen LogP contribution in [0.25, 0.3) is 11.3 Å². The van der Waals surface area contributed by atoms with Crippen molar-refractivity contribution >= 4 is 0 Å². The van der Waals surface area contributed by atoms with Gasteiger partial charge in [-0.25, -0.2) is 4.98 Å². The van der Waals surface area contributed by atoms with E-state index in [-0.39, 0.29) is 11.6 Å². The Morgan fingerprint density at radius 2 is 1.88 bits per heavy atom. The standard InChI is InChI=1S/C20H25N3O2/c1-4-17-18(16-7-6-14(2)15(3)12-16)23(20(25)19(17)24)10-5-9-22-11-8-21-13-22/h6-8,11-13,24-25H,4-5,9-10H2,1-3H3. The molecular formula is C20H25N3O2. The van der Waals surface area contributed by atoms with Crippen LogP contribution in [0.1, 0.15) is 30.0 Å². The zero-order valence-electron chi connectivity index (χ0n) is 15.0. The molecule has 0 atom stereocenters. The van der Waals surface area contributed by atoms with Crippen LogP contribution in [0.3, 0.4) is 0 Å². The predicted molar refractivity (Wildman–Crippen MR) is 98.9 cm³/mol. The molecule has 1 aromatic carbocycles. The van der Waals surface area contributed by atoms with Crippen LogP contribution in [0.5, 0.6) is 11.6 Å². The third-order valence-electron chi connectivity index (χ3n) is 4.80. The Hall–Kier alpha value is -2.69. The van der Waals surface area contributed by atoms with Crippen LogP contribution in [0.15, 0.2) is 36.9 Å². The summed E-state index contributed by atoms with van der Waals surface area (Å²) in [5.41, 5.74) is 5.16. The van der Waals surface area contributed by atoms with Gasteiger partial charge in [0.05, 0.1) is 12.0 Å². The molecule has 2 N–H and O–H groups in total. The maximum absolute atomic E-state index is 10.5. The summed E-state index contributed by atoms with van der Waals surface area (Å²) in [6.07, 6.45) is 6.97. The summed E-state index contributed by atoms with van der Waals surface area (Å²) < 4.78 is 3.84. The summed E-state index contributed by atoms with van der Waals surface area (Å²) >= 11 is 0. The summed E-state index contributed by atoms with van der Waals surface area (Å²) in [7, 11) is 0. The number of nitrogens with zero attached hydrogens (tertiary/aromatic N) is 3. The SMILES string of the molecule is CCc1c(O)c(O)n(CCCn2ccnc2)c1-c1ccc(C)c(C)c1. The topological polar surface area (TPSA) is 63.2 Å². The fraction of sp³-hybridized carbons (Fsp3) is 0.350. The van der Waals surface area contributed by atoms with Gasteiger partial charge in [-0.05, 0) is 49.4 Å². The largest absolute Gasteiger partial charge is 0.503 e. The van der Waals surface area contributed by atoms with Crippen molar-refractivity contribution < 1.29 is 10.2 Å². The smallest absolute Gasteiger partial charge is 0.235 e. The van der Waals surface area contributed by atoms with Crippen LogP contribution >= 0.6 is 0 Å². The molecule has 5 heteroatoms. The minimum atomic E-state index is -0.0456. The quantitative estimate of drug-likeness (QED) is 0.712. The van der Waals surface area contributed by atoms with E-state index in [0.717, 1.165) is 29.8 Å². The molecule has 0 aliphatic rings. The third-order valence-corrected chi connectivity index (χ3v) is 4.80. The van der Waals surface area contributed by atoms with Gasteiger partial charge in [0.1, 0.15) is 0 Å². The lowest BCUT2D eigenvalue weighted by Gasteiger charge is -2.13. The second-order valence-corrected chi connectivity index (χ2v) is 6.46. The molecule has 2 heterocycles. The Kier molecular flexibility index (Phi) is 4.83. The lowest BCUT2D eigenvalue weighted by atomic mass is 10.0. The summed E-state index contributed by atoms with van der Waals surface area (Å²) in [6, 6.07) is 6.26. The Bertz CT molecular complexity index is 864. The van der Waals surface area contributed by atoms with Gasteiger partial charge >= 0.3 is 0 Å². The maximum atomic E-state index is 10.5. The monoisotopic (exact) mass is 339 g/mol. The van der Waals surface area contributed by atoms with Crippen LogP contribution in [0.4, 0.5) is 0 Å². The Morgan fingerprint density at radius 3 is 2.52 bits per heavy atom. The van der Waals surface area contributed by atoms with E-state index in [9.17, 15) is 10.2 Å². The predicted octanol–water partition coefficient (Wildman–Crippen LogP) is 4.03. The second kappa shape index (κ2) is 7.05. The first-order chi connectivity index (χ1) is 12.0. The normalized spacial score (nSPS) is 11.2. The Labute approximate surface area is 148 Å². The molecule has 0 radical (unpaired) electrons. The van der Waals surface area contributed by atoms with E-state index in [1.807, 2.05) is 22.3 Å². The highest BCUT2D eigenvalue weighted by atomic mass is 16.3. The van der Waals surface area contributed by atoms with E-state index < -0.39 is 0 Å².